The van der Waals surface area contributed by atoms with Gasteiger partial charge in [0.05, 0.1) is 17.8 Å². The Balaban J connectivity index is 1.83. The van der Waals surface area contributed by atoms with Crippen LogP contribution in [0, 0.1) is 11.3 Å². The second-order valence-electron chi connectivity index (χ2n) is 4.43. The number of ether oxygens (including phenoxy) is 1. The van der Waals surface area contributed by atoms with Gasteiger partial charge in [0.15, 0.2) is 0 Å². The largest absolute Gasteiger partial charge is 0.573 e. The molecule has 0 unspecified atom stereocenters. The third kappa shape index (κ3) is 5.71. The van der Waals surface area contributed by atoms with E-state index in [-0.39, 0.29) is 12.4 Å². The maximum absolute atomic E-state index is 12.0. The minimum atomic E-state index is -4.70. The monoisotopic (exact) mass is 320 g/mol. The molecule has 4 nitrogen and oxygen atoms in total. The average Bonchev–Trinajstić information content (AvgIpc) is 2.52. The van der Waals surface area contributed by atoms with Crippen LogP contribution in [0.3, 0.4) is 0 Å². The molecule has 2 aromatic rings. The average molecular weight is 320 g/mol. The van der Waals surface area contributed by atoms with Crippen molar-refractivity contribution in [1.29, 1.82) is 5.26 Å². The number of alkyl halides is 3. The fraction of sp³-hybridized carbons (Fsp3) is 0.125. The van der Waals surface area contributed by atoms with Crippen molar-refractivity contribution in [3.63, 3.8) is 0 Å². The van der Waals surface area contributed by atoms with Gasteiger partial charge < -0.3 is 9.57 Å². The van der Waals surface area contributed by atoms with E-state index in [1.54, 1.807) is 24.3 Å². The molecule has 23 heavy (non-hydrogen) atoms. The number of nitrogens with zero attached hydrogens (tertiary/aromatic N) is 2. The molecule has 7 heteroatoms. The van der Waals surface area contributed by atoms with E-state index >= 15 is 0 Å². The summed E-state index contributed by atoms with van der Waals surface area (Å²) in [6.07, 6.45) is -3.23. The van der Waals surface area contributed by atoms with E-state index in [9.17, 15) is 13.2 Å². The second-order valence-corrected chi connectivity index (χ2v) is 4.43. The molecule has 0 saturated heterocycles. The van der Waals surface area contributed by atoms with Crippen LogP contribution in [0.2, 0.25) is 0 Å². The fourth-order valence-electron chi connectivity index (χ4n) is 1.64. The Morgan fingerprint density at radius 1 is 1.04 bits per heavy atom. The van der Waals surface area contributed by atoms with Crippen LogP contribution < -0.4 is 4.74 Å². The van der Waals surface area contributed by atoms with Gasteiger partial charge in [0.2, 0.25) is 0 Å². The van der Waals surface area contributed by atoms with Crippen molar-refractivity contribution < 1.29 is 22.7 Å². The predicted octanol–water partition coefficient (Wildman–Crippen LogP) is 4.01. The van der Waals surface area contributed by atoms with E-state index in [1.165, 1.54) is 30.5 Å². The van der Waals surface area contributed by atoms with Gasteiger partial charge in [0.1, 0.15) is 12.4 Å². The third-order valence-corrected chi connectivity index (χ3v) is 2.70. The van der Waals surface area contributed by atoms with Crippen molar-refractivity contribution in [3.8, 4) is 11.8 Å². The highest BCUT2D eigenvalue weighted by atomic mass is 19.4. The number of benzene rings is 2. The van der Waals surface area contributed by atoms with Crippen LogP contribution in [-0.2, 0) is 11.4 Å². The van der Waals surface area contributed by atoms with Gasteiger partial charge in [-0.1, -0.05) is 29.4 Å². The van der Waals surface area contributed by atoms with Crippen LogP contribution in [0.15, 0.2) is 53.7 Å². The number of oxime groups is 1. The molecule has 0 fully saturated rings. The maximum atomic E-state index is 12.0. The van der Waals surface area contributed by atoms with Crippen LogP contribution in [0.1, 0.15) is 16.7 Å². The summed E-state index contributed by atoms with van der Waals surface area (Å²) in [6.45, 7) is 0.110. The molecule has 2 aromatic carbocycles. The first-order chi connectivity index (χ1) is 11.0. The standard InChI is InChI=1S/C16H11F3N2O2/c17-16(18,19)23-15-7-5-14(6-8-15)11-22-21-10-13-3-1-12(9-20)2-4-13/h1-8,10H,11H2. The van der Waals surface area contributed by atoms with Gasteiger partial charge in [-0.05, 0) is 35.4 Å². The Morgan fingerprint density at radius 2 is 1.70 bits per heavy atom. The van der Waals surface area contributed by atoms with Gasteiger partial charge >= 0.3 is 6.36 Å². The van der Waals surface area contributed by atoms with Crippen LogP contribution in [0.25, 0.3) is 0 Å². The zero-order valence-corrected chi connectivity index (χ0v) is 11.7. The van der Waals surface area contributed by atoms with Crippen molar-refractivity contribution in [2.45, 2.75) is 13.0 Å². The van der Waals surface area contributed by atoms with Crippen molar-refractivity contribution in [2.75, 3.05) is 0 Å². The number of hydrogen-bond donors (Lipinski definition) is 0. The highest BCUT2D eigenvalue weighted by Crippen LogP contribution is 2.22. The van der Waals surface area contributed by atoms with Gasteiger partial charge in [-0.25, -0.2) is 0 Å². The molecule has 0 heterocycles. The molecule has 118 valence electrons. The fourth-order valence-corrected chi connectivity index (χ4v) is 1.64. The molecule has 0 N–H and O–H groups in total. The highest BCUT2D eigenvalue weighted by Gasteiger charge is 2.30. The Bertz CT molecular complexity index is 702. The van der Waals surface area contributed by atoms with Gasteiger partial charge in [0, 0.05) is 0 Å². The summed E-state index contributed by atoms with van der Waals surface area (Å²) >= 11 is 0. The Morgan fingerprint density at radius 3 is 2.26 bits per heavy atom. The van der Waals surface area contributed by atoms with E-state index in [1.807, 2.05) is 6.07 Å². The number of nitriles is 1. The van der Waals surface area contributed by atoms with Crippen molar-refractivity contribution in [2.24, 2.45) is 5.16 Å². The quantitative estimate of drug-likeness (QED) is 0.618. The van der Waals surface area contributed by atoms with Gasteiger partial charge in [-0.3, -0.25) is 0 Å². The van der Waals surface area contributed by atoms with E-state index in [2.05, 4.69) is 9.89 Å². The zero-order valence-electron chi connectivity index (χ0n) is 11.7. The molecule has 0 aliphatic rings. The molecule has 0 aliphatic heterocycles. The first-order valence-corrected chi connectivity index (χ1v) is 6.46. The topological polar surface area (TPSA) is 54.6 Å². The van der Waals surface area contributed by atoms with Crippen molar-refractivity contribution >= 4 is 6.21 Å². The summed E-state index contributed by atoms with van der Waals surface area (Å²) in [7, 11) is 0. The maximum Gasteiger partial charge on any atom is 0.573 e. The molecule has 0 aliphatic carbocycles. The number of rotatable bonds is 5. The van der Waals surface area contributed by atoms with Crippen molar-refractivity contribution in [1.82, 2.24) is 0 Å². The molecule has 0 spiro atoms. The molecule has 0 saturated carbocycles. The summed E-state index contributed by atoms with van der Waals surface area (Å²) in [5.74, 6) is -0.290. The minimum absolute atomic E-state index is 0.110. The zero-order chi connectivity index (χ0) is 16.7. The van der Waals surface area contributed by atoms with E-state index in [0.717, 1.165) is 5.56 Å². The van der Waals surface area contributed by atoms with Gasteiger partial charge in [-0.15, -0.1) is 13.2 Å². The third-order valence-electron chi connectivity index (χ3n) is 2.70. The lowest BCUT2D eigenvalue weighted by Gasteiger charge is -2.08. The number of halogens is 3. The summed E-state index contributed by atoms with van der Waals surface area (Å²) in [6, 6.07) is 14.1. The Hall–Kier alpha value is -3.01. The van der Waals surface area contributed by atoms with E-state index < -0.39 is 6.36 Å². The molecule has 0 atom stereocenters. The first kappa shape index (κ1) is 16.4. The summed E-state index contributed by atoms with van der Waals surface area (Å²) in [5, 5.41) is 12.4. The lowest BCUT2D eigenvalue weighted by atomic mass is 10.2. The first-order valence-electron chi connectivity index (χ1n) is 6.46. The van der Waals surface area contributed by atoms with Crippen LogP contribution in [0.4, 0.5) is 13.2 Å². The van der Waals surface area contributed by atoms with Gasteiger partial charge in [-0.2, -0.15) is 5.26 Å². The Kier molecular flexibility index (Phi) is 5.20. The van der Waals surface area contributed by atoms with Crippen LogP contribution >= 0.6 is 0 Å². The van der Waals surface area contributed by atoms with Crippen LogP contribution in [0.5, 0.6) is 5.75 Å². The minimum Gasteiger partial charge on any atom is -0.406 e. The molecular formula is C16H11F3N2O2. The Labute approximate surface area is 130 Å². The highest BCUT2D eigenvalue weighted by molar-refractivity contribution is 5.79. The normalized spacial score (nSPS) is 11.2. The lowest BCUT2D eigenvalue weighted by Crippen LogP contribution is -2.17. The molecular weight excluding hydrogens is 309 g/mol. The second kappa shape index (κ2) is 7.31. The smallest absolute Gasteiger partial charge is 0.406 e. The lowest BCUT2D eigenvalue weighted by molar-refractivity contribution is -0.274. The molecule has 0 aromatic heterocycles. The summed E-state index contributed by atoms with van der Waals surface area (Å²) < 4.78 is 39.8. The predicted molar refractivity (Wildman–Crippen MR) is 76.7 cm³/mol. The molecule has 2 rings (SSSR count). The summed E-state index contributed by atoms with van der Waals surface area (Å²) in [5.41, 5.74) is 1.96. The van der Waals surface area contributed by atoms with Crippen molar-refractivity contribution in [3.05, 3.63) is 65.2 Å². The van der Waals surface area contributed by atoms with E-state index in [0.29, 0.717) is 11.1 Å². The molecule has 0 amide bonds. The molecule has 0 bridgehead atoms. The van der Waals surface area contributed by atoms with Gasteiger partial charge in [0.25, 0.3) is 0 Å². The molecule has 0 radical (unpaired) electrons. The van der Waals surface area contributed by atoms with E-state index in [4.69, 9.17) is 10.1 Å². The number of hydrogen-bond acceptors (Lipinski definition) is 4. The van der Waals surface area contributed by atoms with Crippen LogP contribution in [-0.4, -0.2) is 12.6 Å². The SMILES string of the molecule is N#Cc1ccc(C=NOCc2ccc(OC(F)(F)F)cc2)cc1. The summed E-state index contributed by atoms with van der Waals surface area (Å²) in [4.78, 5) is 5.06.